The van der Waals surface area contributed by atoms with Crippen LogP contribution < -0.4 is 0 Å². The lowest BCUT2D eigenvalue weighted by Gasteiger charge is -1.66. The van der Waals surface area contributed by atoms with Gasteiger partial charge in [-0.1, -0.05) is 0 Å². The fourth-order valence-corrected chi connectivity index (χ4v) is 0.0634. The molecular weight excluding hydrogens is 121 g/mol. The van der Waals surface area contributed by atoms with Crippen molar-refractivity contribution in [2.75, 3.05) is 0 Å². The topological polar surface area (TPSA) is 4.36 Å². The Hall–Kier alpha value is -0.190. The third-order valence-corrected chi connectivity index (χ3v) is 0.631. The number of nitrogens with zero attached hydrogens (tertiary/aromatic N) is 1. The van der Waals surface area contributed by atoms with Crippen LogP contribution in [0.5, 0.6) is 0 Å². The Morgan fingerprint density at radius 1 is 2.17 bits per heavy atom. The van der Waals surface area contributed by atoms with Gasteiger partial charge in [0.2, 0.25) is 0 Å². The van der Waals surface area contributed by atoms with Crippen molar-refractivity contribution in [2.24, 2.45) is 0 Å². The van der Waals surface area contributed by atoms with E-state index in [4.69, 9.17) is 31.1 Å². The molecule has 0 spiro atoms. The Bertz CT molecular complexity index is 130. The molecule has 0 aromatic rings. The van der Waals surface area contributed by atoms with Crippen molar-refractivity contribution >= 4 is 23.2 Å². The Balaban J connectivity index is 4.07. The van der Waals surface area contributed by atoms with E-state index in [1.54, 1.807) is 0 Å². The van der Waals surface area contributed by atoms with Gasteiger partial charge >= 0.3 is 0 Å². The first kappa shape index (κ1) is 3.98. The summed E-state index contributed by atoms with van der Waals surface area (Å²) < 4.78 is 6.48. The standard InChI is InChI=1S/C3HCl2N/c1-6-3(5)2-4/h2H/b3-2+/i2D. The summed E-state index contributed by atoms with van der Waals surface area (Å²) in [6.07, 6.45) is 0. The van der Waals surface area contributed by atoms with Gasteiger partial charge in [-0.15, -0.1) is 23.2 Å². The highest BCUT2D eigenvalue weighted by Gasteiger charge is 1.77. The molecule has 0 saturated carbocycles. The lowest BCUT2D eigenvalue weighted by Crippen LogP contribution is -1.43. The van der Waals surface area contributed by atoms with Crippen molar-refractivity contribution in [3.8, 4) is 0 Å². The van der Waals surface area contributed by atoms with Crippen LogP contribution in [0.25, 0.3) is 4.85 Å². The number of hydrogen-bond donors (Lipinski definition) is 0. The summed E-state index contributed by atoms with van der Waals surface area (Å²) in [5.74, 6) is 0. The molecule has 0 saturated heterocycles. The fourth-order valence-electron chi connectivity index (χ4n) is 0.0211. The van der Waals surface area contributed by atoms with E-state index in [2.05, 4.69) is 4.85 Å². The van der Waals surface area contributed by atoms with E-state index in [1.807, 2.05) is 0 Å². The van der Waals surface area contributed by atoms with Crippen LogP contribution in [0, 0.1) is 6.57 Å². The molecule has 0 aromatic carbocycles. The second-order valence-electron chi connectivity index (χ2n) is 0.497. The quantitative estimate of drug-likeness (QED) is 0.343. The minimum Gasteiger partial charge on any atom is -0.224 e. The summed E-state index contributed by atoms with van der Waals surface area (Å²) in [5, 5.41) is -0.290. The zero-order chi connectivity index (χ0) is 5.86. The van der Waals surface area contributed by atoms with Gasteiger partial charge in [0.25, 0.3) is 5.16 Å². The SMILES string of the molecule is [2H]/C(Cl)=C(/Cl)[N+]#[C-]. The molecule has 0 atom stereocenters. The smallest absolute Gasteiger partial charge is 0.224 e. The fraction of sp³-hybridized carbons (Fsp3) is 0. The minimum absolute atomic E-state index is 0.290. The van der Waals surface area contributed by atoms with E-state index >= 15 is 0 Å². The lowest BCUT2D eigenvalue weighted by atomic mass is 11.0. The number of hydrogen-bond acceptors (Lipinski definition) is 0. The largest absolute Gasteiger partial charge is 0.263 e. The van der Waals surface area contributed by atoms with Gasteiger partial charge in [0.15, 0.2) is 0 Å². The molecule has 0 unspecified atom stereocenters. The zero-order valence-electron chi connectivity index (χ0n) is 3.70. The Morgan fingerprint density at radius 3 is 2.67 bits per heavy atom. The molecule has 6 heavy (non-hydrogen) atoms. The van der Waals surface area contributed by atoms with Gasteiger partial charge in [0, 0.05) is 5.51 Å². The average Bonchev–Trinajstić information content (AvgIpc) is 1.65. The maximum Gasteiger partial charge on any atom is 0.263 e. The first-order valence-corrected chi connectivity index (χ1v) is 1.83. The van der Waals surface area contributed by atoms with E-state index in [-0.39, 0.29) is 5.16 Å². The van der Waals surface area contributed by atoms with Gasteiger partial charge in [-0.05, 0) is 0 Å². The van der Waals surface area contributed by atoms with Crippen molar-refractivity contribution in [3.05, 3.63) is 22.1 Å². The summed E-state index contributed by atoms with van der Waals surface area (Å²) in [4.78, 5) is 2.66. The van der Waals surface area contributed by atoms with Crippen LogP contribution in [0.4, 0.5) is 0 Å². The van der Waals surface area contributed by atoms with E-state index in [0.29, 0.717) is 0 Å². The zero-order valence-corrected chi connectivity index (χ0v) is 4.22. The molecule has 0 amide bonds. The van der Waals surface area contributed by atoms with Crippen LogP contribution in [0.1, 0.15) is 1.37 Å². The molecule has 0 radical (unpaired) electrons. The molecule has 0 aliphatic heterocycles. The molecule has 0 N–H and O–H groups in total. The van der Waals surface area contributed by atoms with E-state index in [1.165, 1.54) is 0 Å². The van der Waals surface area contributed by atoms with Crippen molar-refractivity contribution < 1.29 is 1.37 Å². The van der Waals surface area contributed by atoms with Gasteiger partial charge in [-0.25, -0.2) is 4.85 Å². The molecular formula is C3HCl2N. The maximum atomic E-state index is 6.48. The summed E-state index contributed by atoms with van der Waals surface area (Å²) in [6.45, 7) is 6.17. The van der Waals surface area contributed by atoms with Crippen LogP contribution in [-0.4, -0.2) is 0 Å². The molecule has 0 rings (SSSR count). The van der Waals surface area contributed by atoms with Crippen LogP contribution in [0.2, 0.25) is 0 Å². The maximum absolute atomic E-state index is 6.48. The van der Waals surface area contributed by atoms with Crippen molar-refractivity contribution in [1.82, 2.24) is 0 Å². The molecule has 32 valence electrons. The van der Waals surface area contributed by atoms with Crippen LogP contribution in [-0.2, 0) is 0 Å². The second-order valence-corrected chi connectivity index (χ2v) is 1.04. The van der Waals surface area contributed by atoms with Crippen LogP contribution in [0.3, 0.4) is 0 Å². The van der Waals surface area contributed by atoms with Gasteiger partial charge in [-0.3, -0.25) is 0 Å². The molecule has 1 nitrogen and oxygen atoms in total. The summed E-state index contributed by atoms with van der Waals surface area (Å²) in [5.41, 5.74) is -0.406. The molecule has 3 heteroatoms. The third kappa shape index (κ3) is 2.07. The van der Waals surface area contributed by atoms with Crippen molar-refractivity contribution in [3.63, 3.8) is 0 Å². The molecule has 0 aliphatic rings. The molecule has 0 fully saturated rings. The van der Waals surface area contributed by atoms with Gasteiger partial charge in [0.05, 0.1) is 7.94 Å². The van der Waals surface area contributed by atoms with E-state index in [9.17, 15) is 0 Å². The first-order valence-electron chi connectivity index (χ1n) is 1.58. The first-order chi connectivity index (χ1) is 3.18. The summed E-state index contributed by atoms with van der Waals surface area (Å²) in [7, 11) is 0. The second kappa shape index (κ2) is 3.02. The van der Waals surface area contributed by atoms with Crippen molar-refractivity contribution in [1.29, 1.82) is 0 Å². The highest BCUT2D eigenvalue weighted by Crippen LogP contribution is 2.01. The molecule has 0 aliphatic carbocycles. The van der Waals surface area contributed by atoms with Gasteiger partial charge in [0.1, 0.15) is 0 Å². The van der Waals surface area contributed by atoms with Crippen molar-refractivity contribution in [2.45, 2.75) is 0 Å². The Morgan fingerprint density at radius 2 is 2.67 bits per heavy atom. The van der Waals surface area contributed by atoms with Crippen LogP contribution >= 0.6 is 23.2 Å². The normalized spacial score (nSPS) is 14.5. The van der Waals surface area contributed by atoms with Gasteiger partial charge < -0.3 is 0 Å². The predicted molar refractivity (Wildman–Crippen MR) is 26.4 cm³/mol. The monoisotopic (exact) mass is 122 g/mol. The Labute approximate surface area is 47.4 Å². The summed E-state index contributed by atoms with van der Waals surface area (Å²) >= 11 is 9.94. The minimum atomic E-state index is -0.406. The highest BCUT2D eigenvalue weighted by molar-refractivity contribution is 6.37. The molecule has 0 bridgehead atoms. The molecule has 0 aromatic heterocycles. The molecule has 0 heterocycles. The summed E-state index contributed by atoms with van der Waals surface area (Å²) in [6, 6.07) is 0. The third-order valence-electron chi connectivity index (χ3n) is 0.176. The number of rotatable bonds is 0. The highest BCUT2D eigenvalue weighted by atomic mass is 35.5. The van der Waals surface area contributed by atoms with Gasteiger partial charge in [-0.2, -0.15) is 0 Å². The van der Waals surface area contributed by atoms with Crippen LogP contribution in [0.15, 0.2) is 10.7 Å². The Kier molecular flexibility index (Phi) is 2.00. The van der Waals surface area contributed by atoms with E-state index in [0.717, 1.165) is 0 Å². The predicted octanol–water partition coefficient (Wildman–Crippen LogP) is 2.18. The average molecular weight is 123 g/mol. The number of halogens is 2. The van der Waals surface area contributed by atoms with E-state index < -0.39 is 5.51 Å². The lowest BCUT2D eigenvalue weighted by molar-refractivity contribution is 1.97.